The van der Waals surface area contributed by atoms with Crippen molar-refractivity contribution in [3.63, 3.8) is 0 Å². The van der Waals surface area contributed by atoms with E-state index in [-0.39, 0.29) is 24.3 Å². The molecule has 1 rings (SSSR count). The summed E-state index contributed by atoms with van der Waals surface area (Å²) in [5.41, 5.74) is 5.16. The van der Waals surface area contributed by atoms with Crippen LogP contribution in [0.2, 0.25) is 0 Å². The molecule has 0 saturated heterocycles. The van der Waals surface area contributed by atoms with E-state index in [0.29, 0.717) is 25.7 Å². The minimum atomic E-state index is -4.19. The number of alkyl halides is 3. The SMILES string of the molecule is CCS(=O)(=O)CCCC1(N)CCCC(C(F)(F)F)C1. The summed E-state index contributed by atoms with van der Waals surface area (Å²) in [5.74, 6) is -1.26. The Morgan fingerprint density at radius 2 is 2.00 bits per heavy atom. The lowest BCUT2D eigenvalue weighted by Crippen LogP contribution is -2.47. The average molecular weight is 301 g/mol. The van der Waals surface area contributed by atoms with E-state index in [4.69, 9.17) is 5.73 Å². The van der Waals surface area contributed by atoms with Crippen molar-refractivity contribution in [1.82, 2.24) is 0 Å². The topological polar surface area (TPSA) is 60.2 Å². The Balaban J connectivity index is 2.52. The molecule has 1 aliphatic carbocycles. The highest BCUT2D eigenvalue weighted by atomic mass is 32.2. The highest BCUT2D eigenvalue weighted by Gasteiger charge is 2.45. The van der Waals surface area contributed by atoms with Crippen LogP contribution in [0, 0.1) is 5.92 Å². The van der Waals surface area contributed by atoms with Crippen LogP contribution in [0.15, 0.2) is 0 Å². The summed E-state index contributed by atoms with van der Waals surface area (Å²) in [5, 5.41) is 0. The van der Waals surface area contributed by atoms with Gasteiger partial charge in [-0.05, 0) is 32.1 Å². The third-order valence-electron chi connectivity index (χ3n) is 3.91. The molecule has 0 heterocycles. The molecule has 0 spiro atoms. The monoisotopic (exact) mass is 301 g/mol. The maximum absolute atomic E-state index is 12.7. The first-order valence-corrected chi connectivity index (χ1v) is 8.46. The Hall–Kier alpha value is -0.300. The first-order valence-electron chi connectivity index (χ1n) is 6.64. The fourth-order valence-corrected chi connectivity index (χ4v) is 3.56. The average Bonchev–Trinajstić information content (AvgIpc) is 2.27. The zero-order valence-corrected chi connectivity index (χ0v) is 12.0. The van der Waals surface area contributed by atoms with Crippen molar-refractivity contribution in [3.05, 3.63) is 0 Å². The third-order valence-corrected chi connectivity index (χ3v) is 5.70. The number of rotatable bonds is 5. The molecule has 114 valence electrons. The van der Waals surface area contributed by atoms with Crippen LogP contribution >= 0.6 is 0 Å². The van der Waals surface area contributed by atoms with Gasteiger partial charge in [0.15, 0.2) is 0 Å². The van der Waals surface area contributed by atoms with Gasteiger partial charge in [0.2, 0.25) is 0 Å². The molecule has 2 atom stereocenters. The van der Waals surface area contributed by atoms with Crippen molar-refractivity contribution in [3.8, 4) is 0 Å². The number of nitrogens with two attached hydrogens (primary N) is 1. The molecule has 0 amide bonds. The van der Waals surface area contributed by atoms with Gasteiger partial charge in [-0.1, -0.05) is 13.3 Å². The second kappa shape index (κ2) is 5.99. The molecule has 1 saturated carbocycles. The largest absolute Gasteiger partial charge is 0.391 e. The Bertz CT molecular complexity index is 394. The Kier molecular flexibility index (Phi) is 5.28. The minimum absolute atomic E-state index is 0.0130. The Morgan fingerprint density at radius 3 is 2.53 bits per heavy atom. The fourth-order valence-electron chi connectivity index (χ4n) is 2.69. The van der Waals surface area contributed by atoms with E-state index in [1.165, 1.54) is 0 Å². The molecule has 19 heavy (non-hydrogen) atoms. The van der Waals surface area contributed by atoms with E-state index in [1.807, 2.05) is 0 Å². The highest BCUT2D eigenvalue weighted by Crippen LogP contribution is 2.42. The van der Waals surface area contributed by atoms with Crippen molar-refractivity contribution in [2.45, 2.75) is 57.2 Å². The molecule has 0 aliphatic heterocycles. The highest BCUT2D eigenvalue weighted by molar-refractivity contribution is 7.91. The Labute approximate surface area is 112 Å². The summed E-state index contributed by atoms with van der Waals surface area (Å²) in [6.07, 6.45) is -2.44. The quantitative estimate of drug-likeness (QED) is 0.849. The molecular formula is C12H22F3NO2S. The molecule has 0 aromatic rings. The van der Waals surface area contributed by atoms with Crippen LogP contribution in [0.5, 0.6) is 0 Å². The zero-order chi connectivity index (χ0) is 14.7. The molecule has 0 aromatic heterocycles. The maximum atomic E-state index is 12.7. The molecule has 2 unspecified atom stereocenters. The van der Waals surface area contributed by atoms with Gasteiger partial charge in [-0.2, -0.15) is 13.2 Å². The molecule has 0 bridgehead atoms. The van der Waals surface area contributed by atoms with Gasteiger partial charge in [0.05, 0.1) is 11.7 Å². The molecule has 0 radical (unpaired) electrons. The summed E-state index contributed by atoms with van der Waals surface area (Å²) in [6, 6.07) is 0. The van der Waals surface area contributed by atoms with E-state index >= 15 is 0 Å². The third kappa shape index (κ3) is 5.30. The molecule has 1 aliphatic rings. The van der Waals surface area contributed by atoms with Crippen LogP contribution in [0.3, 0.4) is 0 Å². The van der Waals surface area contributed by atoms with Crippen molar-refractivity contribution < 1.29 is 21.6 Å². The van der Waals surface area contributed by atoms with Gasteiger partial charge < -0.3 is 5.73 Å². The standard InChI is InChI=1S/C12H22F3NO2S/c1-2-19(17,18)8-4-7-11(16)6-3-5-10(9-11)12(13,14)15/h10H,2-9,16H2,1H3. The molecule has 0 aromatic carbocycles. The van der Waals surface area contributed by atoms with Crippen LogP contribution < -0.4 is 5.73 Å². The number of hydrogen-bond acceptors (Lipinski definition) is 3. The van der Waals surface area contributed by atoms with Gasteiger partial charge in [0.1, 0.15) is 9.84 Å². The van der Waals surface area contributed by atoms with E-state index < -0.39 is 27.5 Å². The smallest absolute Gasteiger partial charge is 0.325 e. The van der Waals surface area contributed by atoms with Crippen LogP contribution in [0.4, 0.5) is 13.2 Å². The predicted molar refractivity (Wildman–Crippen MR) is 68.5 cm³/mol. The lowest BCUT2D eigenvalue weighted by Gasteiger charge is -2.38. The first kappa shape index (κ1) is 16.8. The predicted octanol–water partition coefficient (Wildman–Crippen LogP) is 2.65. The molecular weight excluding hydrogens is 279 g/mol. The van der Waals surface area contributed by atoms with Crippen molar-refractivity contribution in [2.75, 3.05) is 11.5 Å². The zero-order valence-electron chi connectivity index (χ0n) is 11.2. The van der Waals surface area contributed by atoms with Gasteiger partial charge in [-0.25, -0.2) is 8.42 Å². The second-order valence-corrected chi connectivity index (χ2v) is 8.01. The summed E-state index contributed by atoms with van der Waals surface area (Å²) >= 11 is 0. The lowest BCUT2D eigenvalue weighted by molar-refractivity contribution is -0.187. The lowest BCUT2D eigenvalue weighted by atomic mass is 9.74. The molecule has 7 heteroatoms. The van der Waals surface area contributed by atoms with Crippen LogP contribution in [0.1, 0.15) is 45.4 Å². The van der Waals surface area contributed by atoms with E-state index in [2.05, 4.69) is 0 Å². The van der Waals surface area contributed by atoms with Crippen LogP contribution in [-0.4, -0.2) is 31.6 Å². The van der Waals surface area contributed by atoms with E-state index in [1.54, 1.807) is 6.92 Å². The van der Waals surface area contributed by atoms with Crippen LogP contribution in [-0.2, 0) is 9.84 Å². The van der Waals surface area contributed by atoms with Gasteiger partial charge >= 0.3 is 6.18 Å². The molecule has 1 fully saturated rings. The number of halogens is 3. The van der Waals surface area contributed by atoms with Gasteiger partial charge in [0.25, 0.3) is 0 Å². The van der Waals surface area contributed by atoms with Gasteiger partial charge in [-0.15, -0.1) is 0 Å². The summed E-state index contributed by atoms with van der Waals surface area (Å²) in [6.45, 7) is 1.56. The fraction of sp³-hybridized carbons (Fsp3) is 1.00. The van der Waals surface area contributed by atoms with E-state index in [0.717, 1.165) is 0 Å². The summed E-state index contributed by atoms with van der Waals surface area (Å²) in [7, 11) is -3.07. The maximum Gasteiger partial charge on any atom is 0.391 e. The van der Waals surface area contributed by atoms with E-state index in [9.17, 15) is 21.6 Å². The second-order valence-electron chi connectivity index (χ2n) is 5.54. The minimum Gasteiger partial charge on any atom is -0.325 e. The normalized spacial score (nSPS) is 29.4. The number of sulfone groups is 1. The van der Waals surface area contributed by atoms with Crippen molar-refractivity contribution in [2.24, 2.45) is 11.7 Å². The molecule has 3 nitrogen and oxygen atoms in total. The van der Waals surface area contributed by atoms with Gasteiger partial charge in [-0.3, -0.25) is 0 Å². The summed E-state index contributed by atoms with van der Waals surface area (Å²) < 4.78 is 60.8. The first-order chi connectivity index (χ1) is 8.58. The Morgan fingerprint density at radius 1 is 1.37 bits per heavy atom. The van der Waals surface area contributed by atoms with Crippen LogP contribution in [0.25, 0.3) is 0 Å². The number of hydrogen-bond donors (Lipinski definition) is 1. The van der Waals surface area contributed by atoms with Crippen molar-refractivity contribution >= 4 is 9.84 Å². The molecule has 2 N–H and O–H groups in total. The summed E-state index contributed by atoms with van der Waals surface area (Å²) in [4.78, 5) is 0. The van der Waals surface area contributed by atoms with Gasteiger partial charge in [0, 0.05) is 11.3 Å². The van der Waals surface area contributed by atoms with Crippen molar-refractivity contribution in [1.29, 1.82) is 0 Å².